The van der Waals surface area contributed by atoms with Crippen LogP contribution in [0.15, 0.2) is 24.3 Å². The number of benzene rings is 1. The molecule has 126 valence electrons. The predicted molar refractivity (Wildman–Crippen MR) is 90.8 cm³/mol. The van der Waals surface area contributed by atoms with Crippen LogP contribution in [0.25, 0.3) is 0 Å². The van der Waals surface area contributed by atoms with Gasteiger partial charge in [0.15, 0.2) is 0 Å². The van der Waals surface area contributed by atoms with Crippen LogP contribution in [0.3, 0.4) is 0 Å². The zero-order valence-corrected chi connectivity index (χ0v) is 13.6. The third kappa shape index (κ3) is 4.36. The number of carbonyl (C=O) groups is 1. The summed E-state index contributed by atoms with van der Waals surface area (Å²) in [7, 11) is 0. The van der Waals surface area contributed by atoms with Gasteiger partial charge in [0.25, 0.3) is 0 Å². The van der Waals surface area contributed by atoms with Crippen molar-refractivity contribution in [3.8, 4) is 5.75 Å². The molecule has 2 aliphatic rings. The van der Waals surface area contributed by atoms with Gasteiger partial charge >= 0.3 is 0 Å². The summed E-state index contributed by atoms with van der Waals surface area (Å²) >= 11 is 0. The number of aromatic hydroxyl groups is 1. The zero-order valence-electron chi connectivity index (χ0n) is 13.6. The first kappa shape index (κ1) is 16.1. The fourth-order valence-electron chi connectivity index (χ4n) is 3.22. The normalized spacial score (nSPS) is 19.8. The second-order valence-electron chi connectivity index (χ2n) is 6.23. The third-order valence-electron chi connectivity index (χ3n) is 4.70. The summed E-state index contributed by atoms with van der Waals surface area (Å²) in [5, 5.41) is 12.6. The Morgan fingerprint density at radius 3 is 2.30 bits per heavy atom. The van der Waals surface area contributed by atoms with E-state index in [-0.39, 0.29) is 5.91 Å². The number of phenolic OH excluding ortho intramolecular Hbond substituents is 1. The van der Waals surface area contributed by atoms with Crippen molar-refractivity contribution in [2.24, 2.45) is 0 Å². The van der Waals surface area contributed by atoms with Crippen LogP contribution < -0.4 is 10.2 Å². The summed E-state index contributed by atoms with van der Waals surface area (Å²) < 4.78 is 0. The van der Waals surface area contributed by atoms with E-state index >= 15 is 0 Å². The minimum atomic E-state index is 0.285. The summed E-state index contributed by atoms with van der Waals surface area (Å²) in [4.78, 5) is 18.9. The summed E-state index contributed by atoms with van der Waals surface area (Å²) in [5.41, 5.74) is 1.15. The monoisotopic (exact) mass is 318 g/mol. The Hall–Kier alpha value is -1.79. The Bertz CT molecular complexity index is 506. The molecule has 0 atom stereocenters. The van der Waals surface area contributed by atoms with E-state index in [9.17, 15) is 9.90 Å². The summed E-state index contributed by atoms with van der Waals surface area (Å²) in [5.74, 6) is 0.589. The van der Waals surface area contributed by atoms with Crippen LogP contribution >= 0.6 is 0 Å². The minimum absolute atomic E-state index is 0.285. The molecule has 2 fully saturated rings. The number of rotatable bonds is 4. The molecule has 0 saturated carbocycles. The number of piperazine rings is 2. The number of carbonyl (C=O) groups excluding carboxylic acids is 1. The van der Waals surface area contributed by atoms with Gasteiger partial charge in [0.1, 0.15) is 5.75 Å². The van der Waals surface area contributed by atoms with Crippen molar-refractivity contribution in [3.63, 3.8) is 0 Å². The van der Waals surface area contributed by atoms with E-state index in [4.69, 9.17) is 0 Å². The average Bonchev–Trinajstić information content (AvgIpc) is 2.61. The van der Waals surface area contributed by atoms with Crippen LogP contribution in [0.1, 0.15) is 6.42 Å². The Balaban J connectivity index is 1.40. The van der Waals surface area contributed by atoms with Crippen LogP contribution in [-0.4, -0.2) is 79.7 Å². The van der Waals surface area contributed by atoms with Gasteiger partial charge in [-0.2, -0.15) is 0 Å². The highest BCUT2D eigenvalue weighted by Crippen LogP contribution is 2.19. The number of phenols is 1. The Labute approximate surface area is 137 Å². The van der Waals surface area contributed by atoms with E-state index in [1.54, 1.807) is 12.1 Å². The van der Waals surface area contributed by atoms with Gasteiger partial charge in [-0.25, -0.2) is 0 Å². The van der Waals surface area contributed by atoms with Crippen molar-refractivity contribution in [2.75, 3.05) is 63.8 Å². The molecule has 1 amide bonds. The summed E-state index contributed by atoms with van der Waals surface area (Å²) in [6, 6.07) is 7.37. The largest absolute Gasteiger partial charge is 0.508 e. The van der Waals surface area contributed by atoms with Crippen molar-refractivity contribution in [1.82, 2.24) is 15.1 Å². The number of anilines is 1. The molecule has 6 heteroatoms. The molecule has 0 aliphatic carbocycles. The van der Waals surface area contributed by atoms with Gasteiger partial charge in [-0.3, -0.25) is 9.69 Å². The Morgan fingerprint density at radius 1 is 1.00 bits per heavy atom. The fraction of sp³-hybridized carbons (Fsp3) is 0.588. The van der Waals surface area contributed by atoms with E-state index in [2.05, 4.69) is 15.1 Å². The molecule has 1 aromatic rings. The first-order valence-corrected chi connectivity index (χ1v) is 8.47. The number of nitrogens with one attached hydrogen (secondary N) is 1. The van der Waals surface area contributed by atoms with E-state index in [1.807, 2.05) is 17.0 Å². The average molecular weight is 318 g/mol. The highest BCUT2D eigenvalue weighted by atomic mass is 16.3. The molecule has 0 unspecified atom stereocenters. The molecule has 0 bridgehead atoms. The molecule has 6 nitrogen and oxygen atoms in total. The van der Waals surface area contributed by atoms with Crippen molar-refractivity contribution < 1.29 is 9.90 Å². The van der Waals surface area contributed by atoms with E-state index < -0.39 is 0 Å². The molecule has 0 radical (unpaired) electrons. The quantitative estimate of drug-likeness (QED) is 0.838. The molecule has 1 aromatic carbocycles. The van der Waals surface area contributed by atoms with Crippen LogP contribution in [0.4, 0.5) is 5.69 Å². The van der Waals surface area contributed by atoms with E-state index in [0.717, 1.165) is 64.6 Å². The Morgan fingerprint density at radius 2 is 1.65 bits per heavy atom. The smallest absolute Gasteiger partial charge is 0.223 e. The maximum absolute atomic E-state index is 12.2. The first-order valence-electron chi connectivity index (χ1n) is 8.47. The highest BCUT2D eigenvalue weighted by Gasteiger charge is 2.20. The van der Waals surface area contributed by atoms with Crippen LogP contribution in [-0.2, 0) is 4.79 Å². The van der Waals surface area contributed by atoms with Crippen molar-refractivity contribution in [1.29, 1.82) is 0 Å². The van der Waals surface area contributed by atoms with Gasteiger partial charge in [-0.15, -0.1) is 0 Å². The van der Waals surface area contributed by atoms with Crippen LogP contribution in [0.5, 0.6) is 5.75 Å². The van der Waals surface area contributed by atoms with Gasteiger partial charge in [-0.05, 0) is 24.3 Å². The maximum Gasteiger partial charge on any atom is 0.223 e. The van der Waals surface area contributed by atoms with Crippen LogP contribution in [0, 0.1) is 0 Å². The molecule has 2 heterocycles. The van der Waals surface area contributed by atoms with Gasteiger partial charge < -0.3 is 20.2 Å². The maximum atomic E-state index is 12.2. The predicted octanol–water partition coefficient (Wildman–Crippen LogP) is 0.336. The van der Waals surface area contributed by atoms with Gasteiger partial charge in [0, 0.05) is 71.0 Å². The molecular formula is C17H26N4O2. The molecule has 3 rings (SSSR count). The second-order valence-corrected chi connectivity index (χ2v) is 6.23. The minimum Gasteiger partial charge on any atom is -0.508 e. The van der Waals surface area contributed by atoms with Crippen molar-refractivity contribution in [3.05, 3.63) is 24.3 Å². The molecule has 2 aliphatic heterocycles. The zero-order chi connectivity index (χ0) is 16.1. The number of hydrogen-bond acceptors (Lipinski definition) is 5. The standard InChI is InChI=1S/C17H26N4O2/c22-16-3-1-15(2-4-16)20-13-11-19(12-14-20)8-5-17(23)21-9-6-18-7-10-21/h1-4,18,22H,5-14H2. The topological polar surface area (TPSA) is 59.1 Å². The van der Waals surface area contributed by atoms with Crippen molar-refractivity contribution >= 4 is 11.6 Å². The first-order chi connectivity index (χ1) is 11.2. The molecule has 0 aromatic heterocycles. The molecule has 2 N–H and O–H groups in total. The van der Waals surface area contributed by atoms with Crippen LogP contribution in [0.2, 0.25) is 0 Å². The Kier molecular flexibility index (Phi) is 5.35. The lowest BCUT2D eigenvalue weighted by Gasteiger charge is -2.36. The van der Waals surface area contributed by atoms with Crippen molar-refractivity contribution in [2.45, 2.75) is 6.42 Å². The third-order valence-corrected chi connectivity index (χ3v) is 4.70. The summed E-state index contributed by atoms with van der Waals surface area (Å²) in [6.07, 6.45) is 0.624. The lowest BCUT2D eigenvalue weighted by atomic mass is 10.2. The fourth-order valence-corrected chi connectivity index (χ4v) is 3.22. The number of nitrogens with zero attached hydrogens (tertiary/aromatic N) is 3. The SMILES string of the molecule is O=C(CCN1CCN(c2ccc(O)cc2)CC1)N1CCNCC1. The lowest BCUT2D eigenvalue weighted by molar-refractivity contribution is -0.132. The summed E-state index contributed by atoms with van der Waals surface area (Å²) in [6.45, 7) is 8.26. The molecule has 2 saturated heterocycles. The van der Waals surface area contributed by atoms with Gasteiger partial charge in [-0.1, -0.05) is 0 Å². The van der Waals surface area contributed by atoms with Gasteiger partial charge in [0.05, 0.1) is 0 Å². The van der Waals surface area contributed by atoms with Gasteiger partial charge in [0.2, 0.25) is 5.91 Å². The number of amides is 1. The molecule has 0 spiro atoms. The van der Waals surface area contributed by atoms with E-state index in [1.165, 1.54) is 0 Å². The molecular weight excluding hydrogens is 292 g/mol. The van der Waals surface area contributed by atoms with E-state index in [0.29, 0.717) is 12.2 Å². The second kappa shape index (κ2) is 7.66. The molecule has 23 heavy (non-hydrogen) atoms. The number of hydrogen-bond donors (Lipinski definition) is 2. The lowest BCUT2D eigenvalue weighted by Crippen LogP contribution is -2.49. The highest BCUT2D eigenvalue weighted by molar-refractivity contribution is 5.76.